The molecular formula is C15H20N2O4S. The first-order valence-electron chi connectivity index (χ1n) is 7.20. The van der Waals surface area contributed by atoms with Crippen LogP contribution in [0.4, 0.5) is 5.82 Å². The van der Waals surface area contributed by atoms with E-state index in [2.05, 4.69) is 16.8 Å². The van der Waals surface area contributed by atoms with Gasteiger partial charge >= 0.3 is 0 Å². The third kappa shape index (κ3) is 3.55. The number of aromatic nitrogens is 1. The van der Waals surface area contributed by atoms with Gasteiger partial charge in [0.25, 0.3) is 0 Å². The van der Waals surface area contributed by atoms with Crippen molar-refractivity contribution in [2.45, 2.75) is 37.7 Å². The van der Waals surface area contributed by atoms with E-state index in [4.69, 9.17) is 9.26 Å². The van der Waals surface area contributed by atoms with Crippen LogP contribution in [-0.4, -0.2) is 20.4 Å². The monoisotopic (exact) mass is 324 g/mol. The number of rotatable bonds is 6. The molecule has 6 nitrogen and oxygen atoms in total. The molecule has 0 saturated heterocycles. The second-order valence-electron chi connectivity index (χ2n) is 5.61. The Balaban J connectivity index is 1.67. The maximum atomic E-state index is 10.2. The Morgan fingerprint density at radius 2 is 2.00 bits per heavy atom. The second kappa shape index (κ2) is 5.83. The fourth-order valence-corrected chi connectivity index (χ4v) is 3.22. The molecule has 120 valence electrons. The topological polar surface area (TPSA) is 87.8 Å². The molecule has 1 aliphatic rings. The maximum Gasteiger partial charge on any atom is 0.187 e. The van der Waals surface area contributed by atoms with Crippen molar-refractivity contribution < 1.29 is 18.4 Å². The SMILES string of the molecule is Cc1cc(NS(O)(O)c2ccc(OC(C)C3CC3)cc2)no1. The molecule has 0 bridgehead atoms. The molecule has 1 atom stereocenters. The van der Waals surface area contributed by atoms with Gasteiger partial charge in [-0.05, 0) is 56.9 Å². The number of aryl methyl sites for hydroxylation is 1. The molecule has 1 aromatic heterocycles. The van der Waals surface area contributed by atoms with E-state index in [1.165, 1.54) is 12.8 Å². The lowest BCUT2D eigenvalue weighted by Gasteiger charge is -2.32. The molecule has 7 heteroatoms. The lowest BCUT2D eigenvalue weighted by molar-refractivity contribution is 0.198. The maximum absolute atomic E-state index is 10.2. The minimum Gasteiger partial charge on any atom is -0.490 e. The molecule has 2 aromatic rings. The van der Waals surface area contributed by atoms with Gasteiger partial charge in [-0.1, -0.05) is 15.9 Å². The number of nitrogens with zero attached hydrogens (tertiary/aromatic N) is 1. The third-order valence-corrected chi connectivity index (χ3v) is 5.06. The Bertz CT molecular complexity index is 637. The van der Waals surface area contributed by atoms with Crippen LogP contribution < -0.4 is 9.46 Å². The summed E-state index contributed by atoms with van der Waals surface area (Å²) in [5, 5.41) is 3.70. The zero-order chi connectivity index (χ0) is 15.7. The van der Waals surface area contributed by atoms with Crippen molar-refractivity contribution in [3.05, 3.63) is 36.1 Å². The minimum atomic E-state index is -3.18. The van der Waals surface area contributed by atoms with Gasteiger partial charge in [-0.3, -0.25) is 13.8 Å². The van der Waals surface area contributed by atoms with Gasteiger partial charge in [0.2, 0.25) is 0 Å². The average Bonchev–Trinajstić information content (AvgIpc) is 3.24. The van der Waals surface area contributed by atoms with Crippen LogP contribution in [0.3, 0.4) is 0 Å². The van der Waals surface area contributed by atoms with E-state index in [-0.39, 0.29) is 6.10 Å². The third-order valence-electron chi connectivity index (χ3n) is 3.64. The molecule has 1 aliphatic carbocycles. The van der Waals surface area contributed by atoms with Crippen molar-refractivity contribution in [1.82, 2.24) is 5.16 Å². The van der Waals surface area contributed by atoms with E-state index in [1.807, 2.05) is 0 Å². The molecule has 1 unspecified atom stereocenters. The highest BCUT2D eigenvalue weighted by molar-refractivity contribution is 8.25. The summed E-state index contributed by atoms with van der Waals surface area (Å²) >= 11 is 0. The number of benzene rings is 1. The quantitative estimate of drug-likeness (QED) is 0.734. The second-order valence-corrected chi connectivity index (χ2v) is 7.38. The highest BCUT2D eigenvalue weighted by Crippen LogP contribution is 2.48. The van der Waals surface area contributed by atoms with E-state index in [1.54, 1.807) is 37.3 Å². The van der Waals surface area contributed by atoms with E-state index >= 15 is 0 Å². The number of anilines is 1. The Kier molecular flexibility index (Phi) is 4.03. The summed E-state index contributed by atoms with van der Waals surface area (Å²) in [6.07, 6.45) is 2.64. The summed E-state index contributed by atoms with van der Waals surface area (Å²) < 4.78 is 33.8. The Morgan fingerprint density at radius 3 is 2.55 bits per heavy atom. The molecule has 0 radical (unpaired) electrons. The lowest BCUT2D eigenvalue weighted by atomic mass is 10.2. The van der Waals surface area contributed by atoms with E-state index < -0.39 is 10.8 Å². The fraction of sp³-hybridized carbons (Fsp3) is 0.400. The average molecular weight is 324 g/mol. The van der Waals surface area contributed by atoms with Crippen LogP contribution in [0, 0.1) is 12.8 Å². The highest BCUT2D eigenvalue weighted by atomic mass is 32.3. The van der Waals surface area contributed by atoms with Crippen LogP contribution >= 0.6 is 10.8 Å². The number of hydrogen-bond acceptors (Lipinski definition) is 6. The molecule has 3 N–H and O–H groups in total. The van der Waals surface area contributed by atoms with Gasteiger partial charge in [-0.15, -0.1) is 0 Å². The summed E-state index contributed by atoms with van der Waals surface area (Å²) in [5.74, 6) is 2.27. The van der Waals surface area contributed by atoms with Crippen LogP contribution in [0.15, 0.2) is 39.8 Å². The Morgan fingerprint density at radius 1 is 1.32 bits per heavy atom. The van der Waals surface area contributed by atoms with Crippen molar-refractivity contribution in [1.29, 1.82) is 0 Å². The zero-order valence-electron chi connectivity index (χ0n) is 12.5. The van der Waals surface area contributed by atoms with Crippen LogP contribution in [-0.2, 0) is 0 Å². The van der Waals surface area contributed by atoms with Crippen molar-refractivity contribution in [2.24, 2.45) is 5.92 Å². The van der Waals surface area contributed by atoms with Gasteiger partial charge in [0.15, 0.2) is 5.82 Å². The van der Waals surface area contributed by atoms with Gasteiger partial charge in [0.1, 0.15) is 11.5 Å². The van der Waals surface area contributed by atoms with Gasteiger partial charge in [-0.2, -0.15) is 0 Å². The molecule has 0 aliphatic heterocycles. The predicted octanol–water partition coefficient (Wildman–Crippen LogP) is 4.30. The van der Waals surface area contributed by atoms with Crippen LogP contribution in [0.25, 0.3) is 0 Å². The molecule has 22 heavy (non-hydrogen) atoms. The number of hydrogen-bond donors (Lipinski definition) is 3. The molecule has 1 heterocycles. The van der Waals surface area contributed by atoms with Gasteiger partial charge in [-0.25, -0.2) is 0 Å². The molecule has 1 fully saturated rings. The summed E-state index contributed by atoms with van der Waals surface area (Å²) in [7, 11) is -3.18. The molecule has 0 spiro atoms. The Labute approximate surface area is 131 Å². The summed E-state index contributed by atoms with van der Waals surface area (Å²) in [6, 6.07) is 8.38. The van der Waals surface area contributed by atoms with Crippen molar-refractivity contribution in [3.63, 3.8) is 0 Å². The van der Waals surface area contributed by atoms with Gasteiger partial charge in [0.05, 0.1) is 11.0 Å². The number of nitrogens with one attached hydrogen (secondary N) is 1. The first-order valence-corrected chi connectivity index (χ1v) is 8.75. The highest BCUT2D eigenvalue weighted by Gasteiger charge is 2.29. The summed E-state index contributed by atoms with van der Waals surface area (Å²) in [4.78, 5) is 0.375. The first kappa shape index (κ1) is 15.2. The standard InChI is InChI=1S/C15H20N2O4S/c1-10-9-15(16-21-10)17-22(18,19)14-7-5-13(6-8-14)20-11(2)12-3-4-12/h5-9,11-12,18-19H,3-4H2,1-2H3,(H,16,17). The van der Waals surface area contributed by atoms with E-state index in [0.29, 0.717) is 22.4 Å². The van der Waals surface area contributed by atoms with Crippen LogP contribution in [0.1, 0.15) is 25.5 Å². The summed E-state index contributed by atoms with van der Waals surface area (Å²) in [5.41, 5.74) is 0. The van der Waals surface area contributed by atoms with Crippen molar-refractivity contribution in [2.75, 3.05) is 4.72 Å². The van der Waals surface area contributed by atoms with Gasteiger partial charge in [0, 0.05) is 6.07 Å². The molecule has 1 aromatic carbocycles. The van der Waals surface area contributed by atoms with E-state index in [0.717, 1.165) is 5.75 Å². The zero-order valence-corrected chi connectivity index (χ0v) is 13.3. The molecular weight excluding hydrogens is 304 g/mol. The van der Waals surface area contributed by atoms with Crippen molar-refractivity contribution in [3.8, 4) is 5.75 Å². The predicted molar refractivity (Wildman–Crippen MR) is 85.2 cm³/mol. The van der Waals surface area contributed by atoms with Crippen LogP contribution in [0.5, 0.6) is 5.75 Å². The molecule has 0 amide bonds. The molecule has 3 rings (SSSR count). The molecule has 1 saturated carbocycles. The number of ether oxygens (including phenoxy) is 1. The summed E-state index contributed by atoms with van der Waals surface area (Å²) in [6.45, 7) is 3.80. The lowest BCUT2D eigenvalue weighted by Crippen LogP contribution is -2.14. The largest absolute Gasteiger partial charge is 0.490 e. The van der Waals surface area contributed by atoms with E-state index in [9.17, 15) is 9.11 Å². The van der Waals surface area contributed by atoms with Gasteiger partial charge < -0.3 is 9.26 Å². The fourth-order valence-electron chi connectivity index (χ4n) is 2.20. The Hall–Kier alpha value is -1.70. The van der Waals surface area contributed by atoms with Crippen LogP contribution in [0.2, 0.25) is 0 Å². The van der Waals surface area contributed by atoms with Crippen molar-refractivity contribution >= 4 is 16.6 Å². The normalized spacial score (nSPS) is 17.1. The smallest absolute Gasteiger partial charge is 0.187 e. The minimum absolute atomic E-state index is 0.197. The first-order chi connectivity index (χ1) is 10.4.